The summed E-state index contributed by atoms with van der Waals surface area (Å²) >= 11 is 0. The predicted octanol–water partition coefficient (Wildman–Crippen LogP) is 3.70. The number of nitrogens with zero attached hydrogens (tertiary/aromatic N) is 6. The molecule has 0 N–H and O–H groups in total. The van der Waals surface area contributed by atoms with Crippen LogP contribution in [0.1, 0.15) is 51.4 Å². The maximum Gasteiger partial charge on any atom is 0.159 e. The Balaban J connectivity index is 1.36. The summed E-state index contributed by atoms with van der Waals surface area (Å²) in [5, 5.41) is 5.88. The van der Waals surface area contributed by atoms with Crippen LogP contribution in [0.2, 0.25) is 0 Å². The van der Waals surface area contributed by atoms with E-state index in [2.05, 4.69) is 54.8 Å². The second kappa shape index (κ2) is 8.84. The molecule has 3 fully saturated rings. The van der Waals surface area contributed by atoms with Gasteiger partial charge in [-0.25, -0.2) is 14.6 Å². The number of benzene rings is 1. The standard InChI is InChI=1S/C27H36N6O2/c1-18-13-31(14-19(2)32(18)22-15-35-16-22)25-11-26(30-24(29-25)17-34-4)33-23-10-21(27(3)8-5-9-27)7-6-20(23)12-28-33/h6-7,10-12,18-19,22H,5,8-9,13-17H2,1-4H3/t18-,19+. The molecular weight excluding hydrogens is 440 g/mol. The zero-order chi connectivity index (χ0) is 24.2. The number of piperazine rings is 1. The lowest BCUT2D eigenvalue weighted by Gasteiger charge is -2.50. The van der Waals surface area contributed by atoms with Gasteiger partial charge in [0.25, 0.3) is 0 Å². The van der Waals surface area contributed by atoms with E-state index in [4.69, 9.17) is 24.5 Å². The van der Waals surface area contributed by atoms with Crippen LogP contribution >= 0.6 is 0 Å². The highest BCUT2D eigenvalue weighted by Crippen LogP contribution is 2.44. The van der Waals surface area contributed by atoms with Crippen LogP contribution in [0, 0.1) is 0 Å². The Hall–Kier alpha value is -2.55. The van der Waals surface area contributed by atoms with Crippen molar-refractivity contribution in [2.75, 3.05) is 38.3 Å². The summed E-state index contributed by atoms with van der Waals surface area (Å²) in [6, 6.07) is 10.2. The van der Waals surface area contributed by atoms with Crippen molar-refractivity contribution in [1.29, 1.82) is 0 Å². The first-order valence-electron chi connectivity index (χ1n) is 12.9. The Labute approximate surface area is 207 Å². The third-order valence-corrected chi connectivity index (χ3v) is 8.31. The number of aromatic nitrogens is 4. The van der Waals surface area contributed by atoms with Gasteiger partial charge >= 0.3 is 0 Å². The van der Waals surface area contributed by atoms with Gasteiger partial charge in [-0.1, -0.05) is 25.5 Å². The van der Waals surface area contributed by atoms with Gasteiger partial charge in [0.2, 0.25) is 0 Å². The quantitative estimate of drug-likeness (QED) is 0.537. The van der Waals surface area contributed by atoms with Gasteiger partial charge in [0.1, 0.15) is 12.4 Å². The average Bonchev–Trinajstić information content (AvgIpc) is 3.22. The van der Waals surface area contributed by atoms with Gasteiger partial charge in [0, 0.05) is 43.7 Å². The Morgan fingerprint density at radius 2 is 1.80 bits per heavy atom. The maximum absolute atomic E-state index is 5.47. The fourth-order valence-corrected chi connectivity index (χ4v) is 6.14. The Bertz CT molecular complexity index is 1210. The molecule has 3 aliphatic rings. The number of anilines is 1. The van der Waals surface area contributed by atoms with E-state index in [1.54, 1.807) is 7.11 Å². The molecule has 8 heteroatoms. The van der Waals surface area contributed by atoms with E-state index in [-0.39, 0.29) is 5.41 Å². The van der Waals surface area contributed by atoms with Crippen molar-refractivity contribution in [2.45, 2.75) is 70.2 Å². The minimum absolute atomic E-state index is 0.277. The summed E-state index contributed by atoms with van der Waals surface area (Å²) in [6.45, 7) is 10.9. The zero-order valence-corrected chi connectivity index (χ0v) is 21.3. The first-order chi connectivity index (χ1) is 16.9. The summed E-state index contributed by atoms with van der Waals surface area (Å²) in [4.78, 5) is 14.7. The van der Waals surface area contributed by atoms with Crippen LogP contribution in [0.4, 0.5) is 5.82 Å². The van der Waals surface area contributed by atoms with E-state index in [1.807, 2.05) is 10.9 Å². The van der Waals surface area contributed by atoms with Crippen molar-refractivity contribution < 1.29 is 9.47 Å². The summed E-state index contributed by atoms with van der Waals surface area (Å²) in [5.41, 5.74) is 2.77. The molecule has 1 aromatic carbocycles. The number of ether oxygens (including phenoxy) is 2. The molecule has 0 radical (unpaired) electrons. The van der Waals surface area contributed by atoms with Gasteiger partial charge in [-0.15, -0.1) is 0 Å². The van der Waals surface area contributed by atoms with Crippen molar-refractivity contribution in [3.8, 4) is 5.82 Å². The molecular formula is C27H36N6O2. The van der Waals surface area contributed by atoms with E-state index in [1.165, 1.54) is 24.8 Å². The first-order valence-corrected chi connectivity index (χ1v) is 12.9. The molecule has 2 atom stereocenters. The van der Waals surface area contributed by atoms with E-state index >= 15 is 0 Å². The molecule has 4 heterocycles. The molecule has 0 amide bonds. The minimum Gasteiger partial charge on any atom is -0.378 e. The number of rotatable bonds is 6. The summed E-state index contributed by atoms with van der Waals surface area (Å²) in [7, 11) is 1.69. The maximum atomic E-state index is 5.47. The molecule has 35 heavy (non-hydrogen) atoms. The van der Waals surface area contributed by atoms with Crippen molar-refractivity contribution in [3.63, 3.8) is 0 Å². The monoisotopic (exact) mass is 476 g/mol. The molecule has 6 rings (SSSR count). The van der Waals surface area contributed by atoms with Crippen LogP contribution < -0.4 is 4.90 Å². The Kier molecular flexibility index (Phi) is 5.78. The predicted molar refractivity (Wildman–Crippen MR) is 136 cm³/mol. The molecule has 186 valence electrons. The van der Waals surface area contributed by atoms with Crippen LogP contribution in [-0.2, 0) is 21.5 Å². The average molecular weight is 477 g/mol. The highest BCUT2D eigenvalue weighted by molar-refractivity contribution is 5.81. The molecule has 3 aromatic rings. The Morgan fingerprint density at radius 3 is 2.43 bits per heavy atom. The molecule has 1 aliphatic carbocycles. The van der Waals surface area contributed by atoms with Crippen molar-refractivity contribution >= 4 is 16.7 Å². The molecule has 2 saturated heterocycles. The summed E-state index contributed by atoms with van der Waals surface area (Å²) in [5.74, 6) is 2.42. The van der Waals surface area contributed by atoms with Crippen LogP contribution in [0.5, 0.6) is 0 Å². The highest BCUT2D eigenvalue weighted by atomic mass is 16.5. The van der Waals surface area contributed by atoms with Crippen LogP contribution in [0.15, 0.2) is 30.5 Å². The summed E-state index contributed by atoms with van der Waals surface area (Å²) in [6.07, 6.45) is 5.74. The van der Waals surface area contributed by atoms with E-state index in [0.717, 1.165) is 48.8 Å². The third-order valence-electron chi connectivity index (χ3n) is 8.31. The second-order valence-electron chi connectivity index (χ2n) is 10.9. The molecule has 0 bridgehead atoms. The Morgan fingerprint density at radius 1 is 1.06 bits per heavy atom. The molecule has 0 spiro atoms. The largest absolute Gasteiger partial charge is 0.378 e. The lowest BCUT2D eigenvalue weighted by Crippen LogP contribution is -2.64. The fraction of sp³-hybridized carbons (Fsp3) is 0.593. The first kappa shape index (κ1) is 22.9. The van der Waals surface area contributed by atoms with Gasteiger partial charge in [-0.2, -0.15) is 5.10 Å². The number of methoxy groups -OCH3 is 1. The minimum atomic E-state index is 0.277. The van der Waals surface area contributed by atoms with Crippen LogP contribution in [0.3, 0.4) is 0 Å². The lowest BCUT2D eigenvalue weighted by atomic mass is 9.66. The highest BCUT2D eigenvalue weighted by Gasteiger charge is 2.38. The number of hydrogen-bond donors (Lipinski definition) is 0. The molecule has 0 unspecified atom stereocenters. The van der Waals surface area contributed by atoms with Crippen molar-refractivity contribution in [2.24, 2.45) is 0 Å². The summed E-state index contributed by atoms with van der Waals surface area (Å²) < 4.78 is 12.9. The zero-order valence-electron chi connectivity index (χ0n) is 21.3. The van der Waals surface area contributed by atoms with Gasteiger partial charge in [-0.3, -0.25) is 4.90 Å². The van der Waals surface area contributed by atoms with Gasteiger partial charge in [-0.05, 0) is 43.7 Å². The van der Waals surface area contributed by atoms with E-state index in [9.17, 15) is 0 Å². The smallest absolute Gasteiger partial charge is 0.159 e. The third kappa shape index (κ3) is 4.01. The fourth-order valence-electron chi connectivity index (χ4n) is 6.14. The molecule has 8 nitrogen and oxygen atoms in total. The van der Waals surface area contributed by atoms with Gasteiger partial charge in [0.05, 0.1) is 31.0 Å². The van der Waals surface area contributed by atoms with Crippen LogP contribution in [0.25, 0.3) is 16.7 Å². The molecule has 2 aliphatic heterocycles. The lowest BCUT2D eigenvalue weighted by molar-refractivity contribution is -0.0941. The number of fused-ring (bicyclic) bond motifs is 1. The van der Waals surface area contributed by atoms with Gasteiger partial charge < -0.3 is 14.4 Å². The van der Waals surface area contributed by atoms with Crippen molar-refractivity contribution in [1.82, 2.24) is 24.6 Å². The molecule has 2 aromatic heterocycles. The SMILES string of the molecule is COCc1nc(N2C[C@@H](C)N(C3COC3)[C@@H](C)C2)cc(-n2ncc3ccc(C4(C)CCC4)cc32)n1. The van der Waals surface area contributed by atoms with Crippen LogP contribution in [-0.4, -0.2) is 76.2 Å². The van der Waals surface area contributed by atoms with E-state index in [0.29, 0.717) is 30.6 Å². The second-order valence-corrected chi connectivity index (χ2v) is 10.9. The molecule has 1 saturated carbocycles. The normalized spacial score (nSPS) is 25.0. The van der Waals surface area contributed by atoms with Crippen molar-refractivity contribution in [3.05, 3.63) is 41.9 Å². The van der Waals surface area contributed by atoms with Gasteiger partial charge in [0.15, 0.2) is 11.6 Å². The topological polar surface area (TPSA) is 68.5 Å². The van der Waals surface area contributed by atoms with E-state index < -0.39 is 0 Å². The number of hydrogen-bond acceptors (Lipinski definition) is 7.